The Kier molecular flexibility index (Phi) is 5.83. The van der Waals surface area contributed by atoms with Crippen molar-refractivity contribution >= 4 is 21.6 Å². The number of carbonyl (C=O) groups excluding carboxylic acids is 1. The summed E-state index contributed by atoms with van der Waals surface area (Å²) in [4.78, 5) is 18.3. The van der Waals surface area contributed by atoms with E-state index >= 15 is 0 Å². The highest BCUT2D eigenvalue weighted by atomic mass is 32.2. The summed E-state index contributed by atoms with van der Waals surface area (Å²) in [6, 6.07) is 8.07. The van der Waals surface area contributed by atoms with Crippen LogP contribution in [-0.4, -0.2) is 44.7 Å². The van der Waals surface area contributed by atoms with Gasteiger partial charge in [-0.05, 0) is 43.2 Å². The fourth-order valence-corrected chi connectivity index (χ4v) is 3.80. The smallest absolute Gasteiger partial charge is 0.356 e. The van der Waals surface area contributed by atoms with Crippen LogP contribution in [0, 0.1) is 0 Å². The number of hydrogen-bond donors (Lipinski definition) is 1. The van der Waals surface area contributed by atoms with Crippen LogP contribution < -0.4 is 10.2 Å². The molecule has 1 N–H and O–H groups in total. The number of piperidine rings is 1. The highest BCUT2D eigenvalue weighted by Gasteiger charge is 2.31. The second kappa shape index (κ2) is 8.02. The minimum atomic E-state index is -4.42. The van der Waals surface area contributed by atoms with Gasteiger partial charge in [0.05, 0.1) is 10.5 Å². The summed E-state index contributed by atoms with van der Waals surface area (Å²) in [6.07, 6.45) is -1.33. The number of nitrogens with one attached hydrogen (secondary N) is 1. The Morgan fingerprint density at radius 3 is 2.41 bits per heavy atom. The van der Waals surface area contributed by atoms with E-state index in [1.54, 1.807) is 6.07 Å². The number of alkyl halides is 3. The Morgan fingerprint density at radius 2 is 1.86 bits per heavy atom. The van der Waals surface area contributed by atoms with Gasteiger partial charge < -0.3 is 10.2 Å². The van der Waals surface area contributed by atoms with Crippen molar-refractivity contribution in [2.45, 2.75) is 30.0 Å². The van der Waals surface area contributed by atoms with Crippen molar-refractivity contribution in [3.63, 3.8) is 0 Å². The molecule has 2 heterocycles. The largest absolute Gasteiger partial charge is 0.417 e. The van der Waals surface area contributed by atoms with Gasteiger partial charge in [0.15, 0.2) is 9.84 Å². The Morgan fingerprint density at radius 1 is 1.17 bits per heavy atom. The third-order valence-corrected chi connectivity index (χ3v) is 5.86. The molecular formula is C19H20F3N3O3S. The molecular weight excluding hydrogens is 407 g/mol. The number of carbonyl (C=O) groups is 1. The van der Waals surface area contributed by atoms with Crippen molar-refractivity contribution in [1.82, 2.24) is 10.3 Å². The lowest BCUT2D eigenvalue weighted by atomic mass is 10.0. The van der Waals surface area contributed by atoms with Crippen LogP contribution in [0.4, 0.5) is 19.0 Å². The van der Waals surface area contributed by atoms with Gasteiger partial charge in [0.2, 0.25) is 0 Å². The number of amides is 1. The van der Waals surface area contributed by atoms with Gasteiger partial charge in [-0.1, -0.05) is 6.07 Å². The standard InChI is InChI=1S/C19H20F3N3O3S/c1-29(27,28)16-4-2-3-13(11-16)18(26)24-15-7-9-25(10-8-15)17-6-5-14(12-23-17)19(20,21)22/h2-6,11-12,15H,7-10H2,1H3,(H,24,26). The molecule has 0 unspecified atom stereocenters. The van der Waals surface area contributed by atoms with E-state index in [-0.39, 0.29) is 22.4 Å². The average molecular weight is 427 g/mol. The summed E-state index contributed by atoms with van der Waals surface area (Å²) < 4.78 is 61.2. The van der Waals surface area contributed by atoms with Crippen molar-refractivity contribution in [3.8, 4) is 0 Å². The van der Waals surface area contributed by atoms with E-state index in [2.05, 4.69) is 10.3 Å². The van der Waals surface area contributed by atoms with Gasteiger partial charge in [0.1, 0.15) is 5.82 Å². The van der Waals surface area contributed by atoms with E-state index in [9.17, 15) is 26.4 Å². The molecule has 3 rings (SSSR count). The number of pyridine rings is 1. The van der Waals surface area contributed by atoms with E-state index in [4.69, 9.17) is 0 Å². The second-order valence-corrected chi connectivity index (χ2v) is 8.95. The lowest BCUT2D eigenvalue weighted by Crippen LogP contribution is -2.45. The average Bonchev–Trinajstić information content (AvgIpc) is 2.67. The van der Waals surface area contributed by atoms with E-state index in [1.807, 2.05) is 4.90 Å². The lowest BCUT2D eigenvalue weighted by Gasteiger charge is -2.33. The molecule has 0 radical (unpaired) electrons. The van der Waals surface area contributed by atoms with Crippen LogP contribution in [0.2, 0.25) is 0 Å². The van der Waals surface area contributed by atoms with Crippen molar-refractivity contribution in [2.24, 2.45) is 0 Å². The third kappa shape index (κ3) is 5.26. The van der Waals surface area contributed by atoms with E-state index < -0.39 is 21.6 Å². The quantitative estimate of drug-likeness (QED) is 0.812. The number of hydrogen-bond acceptors (Lipinski definition) is 5. The predicted molar refractivity (Wildman–Crippen MR) is 101 cm³/mol. The van der Waals surface area contributed by atoms with E-state index in [0.717, 1.165) is 18.5 Å². The topological polar surface area (TPSA) is 79.4 Å². The predicted octanol–water partition coefficient (Wildman–Crippen LogP) is 2.90. The monoisotopic (exact) mass is 427 g/mol. The molecule has 1 aromatic heterocycles. The number of aromatic nitrogens is 1. The first kappa shape index (κ1) is 21.1. The fourth-order valence-electron chi connectivity index (χ4n) is 3.13. The molecule has 1 aliphatic rings. The van der Waals surface area contributed by atoms with Gasteiger partial charge in [-0.25, -0.2) is 13.4 Å². The van der Waals surface area contributed by atoms with Gasteiger partial charge in [-0.15, -0.1) is 0 Å². The molecule has 0 saturated carbocycles. The molecule has 2 aromatic rings. The van der Waals surface area contributed by atoms with Crippen LogP contribution in [0.25, 0.3) is 0 Å². The number of halogens is 3. The van der Waals surface area contributed by atoms with Crippen LogP contribution >= 0.6 is 0 Å². The minimum Gasteiger partial charge on any atom is -0.356 e. The molecule has 1 aliphatic heterocycles. The van der Waals surface area contributed by atoms with Crippen LogP contribution in [0.15, 0.2) is 47.5 Å². The van der Waals surface area contributed by atoms with Gasteiger partial charge in [-0.3, -0.25) is 4.79 Å². The minimum absolute atomic E-state index is 0.0772. The van der Waals surface area contributed by atoms with E-state index in [0.29, 0.717) is 31.7 Å². The zero-order chi connectivity index (χ0) is 21.2. The summed E-state index contributed by atoms with van der Waals surface area (Å²) in [5, 5.41) is 2.89. The molecule has 1 aromatic carbocycles. The fraction of sp³-hybridized carbons (Fsp3) is 0.368. The lowest BCUT2D eigenvalue weighted by molar-refractivity contribution is -0.137. The summed E-state index contributed by atoms with van der Waals surface area (Å²) in [5.41, 5.74) is -0.528. The Hall–Kier alpha value is -2.62. The maximum absolute atomic E-state index is 12.6. The van der Waals surface area contributed by atoms with Gasteiger partial charge in [0.25, 0.3) is 5.91 Å². The summed E-state index contributed by atoms with van der Waals surface area (Å²) in [5.74, 6) is 0.102. The highest BCUT2D eigenvalue weighted by molar-refractivity contribution is 7.90. The first-order valence-corrected chi connectivity index (χ1v) is 10.8. The number of nitrogens with zero attached hydrogens (tertiary/aromatic N) is 2. The Balaban J connectivity index is 1.58. The normalized spacial score (nSPS) is 15.9. The maximum atomic E-state index is 12.6. The zero-order valence-corrected chi connectivity index (χ0v) is 16.4. The second-order valence-electron chi connectivity index (χ2n) is 6.94. The number of anilines is 1. The van der Waals surface area contributed by atoms with Gasteiger partial charge >= 0.3 is 6.18 Å². The first-order valence-electron chi connectivity index (χ1n) is 8.93. The van der Waals surface area contributed by atoms with Crippen LogP contribution in [-0.2, 0) is 16.0 Å². The third-order valence-electron chi connectivity index (χ3n) is 4.75. The molecule has 0 atom stereocenters. The number of sulfone groups is 1. The first-order chi connectivity index (χ1) is 13.5. The van der Waals surface area contributed by atoms with Crippen LogP contribution in [0.1, 0.15) is 28.8 Å². The SMILES string of the molecule is CS(=O)(=O)c1cccc(C(=O)NC2CCN(c3ccc(C(F)(F)F)cn3)CC2)c1. The molecule has 6 nitrogen and oxygen atoms in total. The molecule has 29 heavy (non-hydrogen) atoms. The summed E-state index contributed by atoms with van der Waals surface area (Å²) >= 11 is 0. The van der Waals surface area contributed by atoms with Crippen molar-refractivity contribution in [3.05, 3.63) is 53.7 Å². The Labute approximate surface area is 166 Å². The van der Waals surface area contributed by atoms with Crippen molar-refractivity contribution in [1.29, 1.82) is 0 Å². The van der Waals surface area contributed by atoms with Gasteiger partial charge in [0, 0.05) is 37.1 Å². The van der Waals surface area contributed by atoms with Crippen molar-refractivity contribution < 1.29 is 26.4 Å². The summed E-state index contributed by atoms with van der Waals surface area (Å²) in [7, 11) is -3.41. The van der Waals surface area contributed by atoms with Crippen molar-refractivity contribution in [2.75, 3.05) is 24.2 Å². The molecule has 1 fully saturated rings. The molecule has 0 aliphatic carbocycles. The van der Waals surface area contributed by atoms with Gasteiger partial charge in [-0.2, -0.15) is 13.2 Å². The molecule has 1 saturated heterocycles. The molecule has 1 amide bonds. The van der Waals surface area contributed by atoms with Crippen LogP contribution in [0.5, 0.6) is 0 Å². The molecule has 0 bridgehead atoms. The molecule has 156 valence electrons. The summed E-state index contributed by atoms with van der Waals surface area (Å²) in [6.45, 7) is 1.07. The number of rotatable bonds is 4. The molecule has 0 spiro atoms. The zero-order valence-electron chi connectivity index (χ0n) is 15.6. The van der Waals surface area contributed by atoms with E-state index in [1.165, 1.54) is 24.3 Å². The molecule has 10 heteroatoms. The highest BCUT2D eigenvalue weighted by Crippen LogP contribution is 2.29. The van der Waals surface area contributed by atoms with Crippen LogP contribution in [0.3, 0.4) is 0 Å². The maximum Gasteiger partial charge on any atom is 0.417 e. The Bertz CT molecular complexity index is 984. The number of benzene rings is 1.